The molecule has 1 atom stereocenters. The summed E-state index contributed by atoms with van der Waals surface area (Å²) in [6.07, 6.45) is -3.45. The van der Waals surface area contributed by atoms with Gasteiger partial charge in [0.25, 0.3) is 0 Å². The Balaban J connectivity index is 1.93. The second-order valence-electron chi connectivity index (χ2n) is 5.81. The number of rotatable bonds is 6. The molecule has 2 rings (SSSR count). The van der Waals surface area contributed by atoms with Gasteiger partial charge in [-0.1, -0.05) is 12.1 Å². The summed E-state index contributed by atoms with van der Waals surface area (Å²) in [6, 6.07) is 4.69. The predicted molar refractivity (Wildman–Crippen MR) is 81.5 cm³/mol. The lowest BCUT2D eigenvalue weighted by Gasteiger charge is -2.18. The molecule has 1 fully saturated rings. The Kier molecular flexibility index (Phi) is 5.69. The molecule has 0 bridgehead atoms. The number of ether oxygens (including phenoxy) is 1. The van der Waals surface area contributed by atoms with Crippen LogP contribution in [0.25, 0.3) is 0 Å². The van der Waals surface area contributed by atoms with E-state index in [1.165, 1.54) is 31.4 Å². The Morgan fingerprint density at radius 3 is 2.62 bits per heavy atom. The van der Waals surface area contributed by atoms with Gasteiger partial charge in [0.1, 0.15) is 0 Å². The predicted octanol–water partition coefficient (Wildman–Crippen LogP) is 3.25. The van der Waals surface area contributed by atoms with E-state index >= 15 is 0 Å². The summed E-state index contributed by atoms with van der Waals surface area (Å²) in [5.74, 6) is -0.189. The summed E-state index contributed by atoms with van der Waals surface area (Å²) in [5.41, 5.74) is 0.329. The average Bonchev–Trinajstić information content (AvgIpc) is 3.29. The van der Waals surface area contributed by atoms with Crippen LogP contribution in [0.15, 0.2) is 24.3 Å². The first-order valence-electron chi connectivity index (χ1n) is 7.57. The van der Waals surface area contributed by atoms with Crippen LogP contribution >= 0.6 is 0 Å². The van der Waals surface area contributed by atoms with Crippen LogP contribution in [0.5, 0.6) is 0 Å². The summed E-state index contributed by atoms with van der Waals surface area (Å²) in [7, 11) is 1.28. The summed E-state index contributed by atoms with van der Waals surface area (Å²) >= 11 is 0. The number of carbonyl (C=O) groups is 2. The van der Waals surface area contributed by atoms with E-state index in [2.05, 4.69) is 15.4 Å². The molecule has 132 valence electrons. The first kappa shape index (κ1) is 18.1. The molecule has 1 aromatic carbocycles. The minimum atomic E-state index is -4.31. The van der Waals surface area contributed by atoms with Gasteiger partial charge in [-0.2, -0.15) is 13.2 Å². The number of carbonyl (C=O) groups excluding carboxylic acids is 2. The van der Waals surface area contributed by atoms with Crippen LogP contribution in [0.2, 0.25) is 0 Å². The van der Waals surface area contributed by atoms with Crippen molar-refractivity contribution in [2.45, 2.75) is 37.9 Å². The number of nitrogens with one attached hydrogen (secondary N) is 2. The normalized spacial score (nSPS) is 15.5. The molecule has 5 nitrogen and oxygen atoms in total. The molecule has 0 unspecified atom stereocenters. The molecule has 1 saturated carbocycles. The van der Waals surface area contributed by atoms with E-state index in [0.29, 0.717) is 0 Å². The van der Waals surface area contributed by atoms with Crippen molar-refractivity contribution in [3.05, 3.63) is 29.8 Å². The molecule has 0 aromatic heterocycles. The van der Waals surface area contributed by atoms with Gasteiger partial charge >= 0.3 is 18.2 Å². The standard InChI is InChI=1S/C16H19F3N2O3/c1-24-14(22)8-13(11-5-6-11)21-15(23)20-12-4-2-3-10(7-12)9-16(17,18)19/h2-4,7,11,13H,5-6,8-9H2,1H3,(H2,20,21,23)/t13-/m1/s1. The zero-order chi connectivity index (χ0) is 17.7. The SMILES string of the molecule is COC(=O)C[C@@H](NC(=O)Nc1cccc(CC(F)(F)F)c1)C1CC1. The number of anilines is 1. The third-order valence-electron chi connectivity index (χ3n) is 3.71. The van der Waals surface area contributed by atoms with Crippen molar-refractivity contribution in [2.24, 2.45) is 5.92 Å². The van der Waals surface area contributed by atoms with Gasteiger partial charge in [0.2, 0.25) is 0 Å². The van der Waals surface area contributed by atoms with Crippen molar-refractivity contribution in [3.8, 4) is 0 Å². The molecule has 8 heteroatoms. The van der Waals surface area contributed by atoms with Crippen LogP contribution in [0.3, 0.4) is 0 Å². The van der Waals surface area contributed by atoms with Crippen LogP contribution in [0, 0.1) is 5.92 Å². The van der Waals surface area contributed by atoms with Gasteiger partial charge in [0.15, 0.2) is 0 Å². The number of amides is 2. The molecule has 1 aliphatic carbocycles. The van der Waals surface area contributed by atoms with Crippen molar-refractivity contribution in [1.29, 1.82) is 0 Å². The third kappa shape index (κ3) is 6.10. The number of alkyl halides is 3. The average molecular weight is 344 g/mol. The lowest BCUT2D eigenvalue weighted by molar-refractivity contribution is -0.141. The van der Waals surface area contributed by atoms with Crippen LogP contribution in [-0.2, 0) is 16.0 Å². The van der Waals surface area contributed by atoms with Gasteiger partial charge in [-0.25, -0.2) is 4.79 Å². The van der Waals surface area contributed by atoms with Gasteiger partial charge in [-0.15, -0.1) is 0 Å². The molecule has 1 aromatic rings. The Morgan fingerprint density at radius 1 is 1.33 bits per heavy atom. The maximum atomic E-state index is 12.4. The van der Waals surface area contributed by atoms with Crippen molar-refractivity contribution in [2.75, 3.05) is 12.4 Å². The highest BCUT2D eigenvalue weighted by molar-refractivity contribution is 5.89. The van der Waals surface area contributed by atoms with Gasteiger partial charge < -0.3 is 15.4 Å². The Labute approximate surface area is 137 Å². The van der Waals surface area contributed by atoms with E-state index in [4.69, 9.17) is 0 Å². The van der Waals surface area contributed by atoms with E-state index in [0.717, 1.165) is 12.8 Å². The number of hydrogen-bond donors (Lipinski definition) is 2. The number of hydrogen-bond acceptors (Lipinski definition) is 3. The Hall–Kier alpha value is -2.25. The number of benzene rings is 1. The quantitative estimate of drug-likeness (QED) is 0.779. The monoisotopic (exact) mass is 344 g/mol. The molecular weight excluding hydrogens is 325 g/mol. The maximum Gasteiger partial charge on any atom is 0.393 e. The van der Waals surface area contributed by atoms with Crippen molar-refractivity contribution >= 4 is 17.7 Å². The molecule has 1 aliphatic rings. The molecule has 0 spiro atoms. The molecule has 0 heterocycles. The molecule has 0 radical (unpaired) electrons. The van der Waals surface area contributed by atoms with Gasteiger partial charge in [0, 0.05) is 11.7 Å². The minimum Gasteiger partial charge on any atom is -0.469 e. The molecule has 2 amide bonds. The van der Waals surface area contributed by atoms with E-state index < -0.39 is 24.6 Å². The number of halogens is 3. The molecule has 0 aliphatic heterocycles. The number of methoxy groups -OCH3 is 1. The van der Waals surface area contributed by atoms with Gasteiger partial charge in [-0.3, -0.25) is 4.79 Å². The number of esters is 1. The highest BCUT2D eigenvalue weighted by Crippen LogP contribution is 2.34. The third-order valence-corrected chi connectivity index (χ3v) is 3.71. The van der Waals surface area contributed by atoms with Crippen LogP contribution in [0.1, 0.15) is 24.8 Å². The maximum absolute atomic E-state index is 12.4. The van der Waals surface area contributed by atoms with Crippen molar-refractivity contribution < 1.29 is 27.5 Å². The van der Waals surface area contributed by atoms with Crippen LogP contribution < -0.4 is 10.6 Å². The molecular formula is C16H19F3N2O3. The highest BCUT2D eigenvalue weighted by Gasteiger charge is 2.34. The lowest BCUT2D eigenvalue weighted by Crippen LogP contribution is -2.40. The second kappa shape index (κ2) is 7.55. The zero-order valence-electron chi connectivity index (χ0n) is 13.2. The van der Waals surface area contributed by atoms with Crippen LogP contribution in [-0.4, -0.2) is 31.3 Å². The smallest absolute Gasteiger partial charge is 0.393 e. The van der Waals surface area contributed by atoms with E-state index in [-0.39, 0.29) is 29.6 Å². The number of urea groups is 1. The first-order chi connectivity index (χ1) is 11.3. The lowest BCUT2D eigenvalue weighted by atomic mass is 10.1. The zero-order valence-corrected chi connectivity index (χ0v) is 13.2. The summed E-state index contributed by atoms with van der Waals surface area (Å²) in [4.78, 5) is 23.4. The molecule has 24 heavy (non-hydrogen) atoms. The van der Waals surface area contributed by atoms with Gasteiger partial charge in [-0.05, 0) is 36.5 Å². The fraction of sp³-hybridized carbons (Fsp3) is 0.500. The summed E-state index contributed by atoms with van der Waals surface area (Å²) in [6.45, 7) is 0. The topological polar surface area (TPSA) is 67.4 Å². The first-order valence-corrected chi connectivity index (χ1v) is 7.57. The fourth-order valence-electron chi connectivity index (χ4n) is 2.42. The Morgan fingerprint density at radius 2 is 2.04 bits per heavy atom. The fourth-order valence-corrected chi connectivity index (χ4v) is 2.42. The van der Waals surface area contributed by atoms with Gasteiger partial charge in [0.05, 0.1) is 20.0 Å². The van der Waals surface area contributed by atoms with E-state index in [9.17, 15) is 22.8 Å². The molecule has 0 saturated heterocycles. The highest BCUT2D eigenvalue weighted by atomic mass is 19.4. The van der Waals surface area contributed by atoms with Crippen LogP contribution in [0.4, 0.5) is 23.7 Å². The van der Waals surface area contributed by atoms with E-state index in [1.54, 1.807) is 0 Å². The van der Waals surface area contributed by atoms with Crippen molar-refractivity contribution in [1.82, 2.24) is 5.32 Å². The second-order valence-corrected chi connectivity index (χ2v) is 5.81. The summed E-state index contributed by atoms with van der Waals surface area (Å²) < 4.78 is 41.8. The van der Waals surface area contributed by atoms with Crippen molar-refractivity contribution in [3.63, 3.8) is 0 Å². The minimum absolute atomic E-state index is 0.0635. The largest absolute Gasteiger partial charge is 0.469 e. The molecule has 2 N–H and O–H groups in total. The summed E-state index contributed by atoms with van der Waals surface area (Å²) in [5, 5.41) is 5.19. The van der Waals surface area contributed by atoms with E-state index in [1.807, 2.05) is 0 Å². The Bertz CT molecular complexity index is 600.